The van der Waals surface area contributed by atoms with Crippen molar-refractivity contribution in [1.29, 1.82) is 0 Å². The van der Waals surface area contributed by atoms with Crippen molar-refractivity contribution in [3.8, 4) is 0 Å². The number of piperidine rings is 1. The van der Waals surface area contributed by atoms with Gasteiger partial charge in [0.1, 0.15) is 5.01 Å². The lowest BCUT2D eigenvalue weighted by atomic mass is 10.0. The second kappa shape index (κ2) is 6.00. The Balaban J connectivity index is 1.66. The van der Waals surface area contributed by atoms with Gasteiger partial charge in [0.2, 0.25) is 10.0 Å². The van der Waals surface area contributed by atoms with Gasteiger partial charge >= 0.3 is 0 Å². The van der Waals surface area contributed by atoms with Crippen LogP contribution in [-0.4, -0.2) is 37.1 Å². The number of nitrogens with zero attached hydrogens (tertiary/aromatic N) is 2. The van der Waals surface area contributed by atoms with E-state index in [1.54, 1.807) is 11.3 Å². The molecular weight excluding hydrogens is 306 g/mol. The van der Waals surface area contributed by atoms with Crippen LogP contribution in [0.5, 0.6) is 0 Å². The Bertz CT molecular complexity index is 694. The van der Waals surface area contributed by atoms with Crippen LogP contribution in [0.2, 0.25) is 0 Å². The van der Waals surface area contributed by atoms with Gasteiger partial charge in [0.15, 0.2) is 0 Å². The number of hydrogen-bond donors (Lipinski definition) is 1. The van der Waals surface area contributed by atoms with Crippen LogP contribution < -0.4 is 5.14 Å². The van der Waals surface area contributed by atoms with Crippen molar-refractivity contribution in [3.05, 3.63) is 29.3 Å². The first-order valence-electron chi connectivity index (χ1n) is 7.07. The number of thiazole rings is 1. The first-order chi connectivity index (χ1) is 9.99. The van der Waals surface area contributed by atoms with Crippen LogP contribution in [-0.2, 0) is 16.6 Å². The van der Waals surface area contributed by atoms with Crippen LogP contribution in [0.15, 0.2) is 24.3 Å². The third-order valence-corrected chi connectivity index (χ3v) is 5.73. The Labute approximate surface area is 128 Å². The van der Waals surface area contributed by atoms with E-state index in [0.717, 1.165) is 43.0 Å². The number of rotatable bonds is 4. The molecule has 0 aliphatic carbocycles. The van der Waals surface area contributed by atoms with Gasteiger partial charge in [0.25, 0.3) is 0 Å². The zero-order valence-corrected chi connectivity index (χ0v) is 13.4. The predicted molar refractivity (Wildman–Crippen MR) is 85.6 cm³/mol. The van der Waals surface area contributed by atoms with Crippen LogP contribution in [0.1, 0.15) is 17.8 Å². The highest BCUT2D eigenvalue weighted by Crippen LogP contribution is 2.25. The summed E-state index contributed by atoms with van der Waals surface area (Å²) in [7, 11) is -3.38. The molecule has 3 rings (SSSR count). The first-order valence-corrected chi connectivity index (χ1v) is 9.60. The molecule has 1 fully saturated rings. The fourth-order valence-electron chi connectivity index (χ4n) is 2.94. The maximum Gasteiger partial charge on any atom is 0.209 e. The number of para-hydroxylation sites is 1. The van der Waals surface area contributed by atoms with Gasteiger partial charge in [0.05, 0.1) is 22.5 Å². The number of nitrogens with two attached hydrogens (primary N) is 1. The Hall–Kier alpha value is -1.02. The summed E-state index contributed by atoms with van der Waals surface area (Å²) in [4.78, 5) is 6.93. The third-order valence-electron chi connectivity index (χ3n) is 3.77. The summed E-state index contributed by atoms with van der Waals surface area (Å²) in [5.41, 5.74) is 1.04. The van der Waals surface area contributed by atoms with Crippen molar-refractivity contribution in [1.82, 2.24) is 9.88 Å². The molecule has 1 aromatic heterocycles. The van der Waals surface area contributed by atoms with Crippen molar-refractivity contribution < 1.29 is 8.42 Å². The van der Waals surface area contributed by atoms with Gasteiger partial charge in [-0.3, -0.25) is 4.90 Å². The molecule has 1 aliphatic heterocycles. The highest BCUT2D eigenvalue weighted by atomic mass is 32.2. The maximum atomic E-state index is 11.2. The van der Waals surface area contributed by atoms with E-state index >= 15 is 0 Å². The molecule has 114 valence electrons. The minimum absolute atomic E-state index is 0.0867. The number of fused-ring (bicyclic) bond motifs is 1. The molecule has 2 heterocycles. The summed E-state index contributed by atoms with van der Waals surface area (Å²) >= 11 is 1.71. The Morgan fingerprint density at radius 3 is 2.95 bits per heavy atom. The van der Waals surface area contributed by atoms with Gasteiger partial charge in [-0.2, -0.15) is 0 Å². The van der Waals surface area contributed by atoms with Gasteiger partial charge < -0.3 is 0 Å². The molecule has 0 bridgehead atoms. The van der Waals surface area contributed by atoms with E-state index in [1.165, 1.54) is 4.70 Å². The van der Waals surface area contributed by atoms with Crippen LogP contribution in [0, 0.1) is 5.92 Å². The number of hydrogen-bond acceptors (Lipinski definition) is 5. The van der Waals surface area contributed by atoms with E-state index in [9.17, 15) is 8.42 Å². The molecule has 5 nitrogen and oxygen atoms in total. The molecule has 2 aromatic rings. The van der Waals surface area contributed by atoms with Gasteiger partial charge in [-0.25, -0.2) is 18.5 Å². The van der Waals surface area contributed by atoms with E-state index in [0.29, 0.717) is 0 Å². The van der Waals surface area contributed by atoms with Crippen LogP contribution >= 0.6 is 11.3 Å². The van der Waals surface area contributed by atoms with E-state index in [1.807, 2.05) is 18.2 Å². The molecule has 0 spiro atoms. The van der Waals surface area contributed by atoms with Gasteiger partial charge in [-0.05, 0) is 37.4 Å². The fraction of sp³-hybridized carbons (Fsp3) is 0.500. The van der Waals surface area contributed by atoms with E-state index in [4.69, 9.17) is 5.14 Å². The van der Waals surface area contributed by atoms with Crippen molar-refractivity contribution in [2.75, 3.05) is 18.8 Å². The molecule has 0 saturated carbocycles. The van der Waals surface area contributed by atoms with E-state index < -0.39 is 10.0 Å². The minimum atomic E-state index is -3.38. The summed E-state index contributed by atoms with van der Waals surface area (Å²) in [6.45, 7) is 2.57. The fourth-order valence-corrected chi connectivity index (χ4v) is 4.88. The number of benzene rings is 1. The molecular formula is C14H19N3O2S2. The average Bonchev–Trinajstić information content (AvgIpc) is 2.79. The monoisotopic (exact) mass is 325 g/mol. The number of primary sulfonamides is 1. The topological polar surface area (TPSA) is 76.3 Å². The average molecular weight is 325 g/mol. The summed E-state index contributed by atoms with van der Waals surface area (Å²) < 4.78 is 23.7. The molecule has 7 heteroatoms. The van der Waals surface area contributed by atoms with Crippen molar-refractivity contribution in [2.45, 2.75) is 19.4 Å². The highest BCUT2D eigenvalue weighted by molar-refractivity contribution is 7.89. The van der Waals surface area contributed by atoms with E-state index in [-0.39, 0.29) is 11.7 Å². The quantitative estimate of drug-likeness (QED) is 0.930. The minimum Gasteiger partial charge on any atom is -0.296 e. The second-order valence-electron chi connectivity index (χ2n) is 5.65. The zero-order chi connectivity index (χ0) is 14.9. The van der Waals surface area contributed by atoms with Crippen LogP contribution in [0.3, 0.4) is 0 Å². The summed E-state index contributed by atoms with van der Waals surface area (Å²) in [5.74, 6) is 0.228. The SMILES string of the molecule is NS(=O)(=O)CC1CCCN(Cc2nc3ccccc3s2)C1. The molecule has 1 saturated heterocycles. The Morgan fingerprint density at radius 1 is 1.38 bits per heavy atom. The van der Waals surface area contributed by atoms with Gasteiger partial charge in [-0.15, -0.1) is 11.3 Å². The standard InChI is InChI=1S/C14H19N3O2S2/c15-21(18,19)10-11-4-3-7-17(8-11)9-14-16-12-5-1-2-6-13(12)20-14/h1-2,5-6,11H,3-4,7-10H2,(H2,15,18,19). The number of aromatic nitrogens is 1. The Kier molecular flexibility index (Phi) is 4.26. The van der Waals surface area contributed by atoms with Crippen molar-refractivity contribution >= 4 is 31.6 Å². The molecule has 21 heavy (non-hydrogen) atoms. The zero-order valence-electron chi connectivity index (χ0n) is 11.7. The van der Waals surface area contributed by atoms with E-state index in [2.05, 4.69) is 16.0 Å². The molecule has 1 unspecified atom stereocenters. The van der Waals surface area contributed by atoms with Crippen LogP contribution in [0.4, 0.5) is 0 Å². The maximum absolute atomic E-state index is 11.2. The molecule has 1 atom stereocenters. The Morgan fingerprint density at radius 2 is 2.19 bits per heavy atom. The summed E-state index contributed by atoms with van der Waals surface area (Å²) in [5, 5.41) is 6.25. The summed E-state index contributed by atoms with van der Waals surface area (Å²) in [6.07, 6.45) is 1.96. The summed E-state index contributed by atoms with van der Waals surface area (Å²) in [6, 6.07) is 8.12. The largest absolute Gasteiger partial charge is 0.296 e. The van der Waals surface area contributed by atoms with Crippen molar-refractivity contribution in [3.63, 3.8) is 0 Å². The van der Waals surface area contributed by atoms with Gasteiger partial charge in [0, 0.05) is 6.54 Å². The normalized spacial score (nSPS) is 20.9. The lowest BCUT2D eigenvalue weighted by Gasteiger charge is -2.31. The molecule has 2 N–H and O–H groups in total. The lowest BCUT2D eigenvalue weighted by Crippen LogP contribution is -2.38. The molecule has 1 aromatic carbocycles. The van der Waals surface area contributed by atoms with Gasteiger partial charge in [-0.1, -0.05) is 12.1 Å². The molecule has 1 aliphatic rings. The number of likely N-dealkylation sites (tertiary alicyclic amines) is 1. The molecule has 0 amide bonds. The highest BCUT2D eigenvalue weighted by Gasteiger charge is 2.24. The second-order valence-corrected chi connectivity index (χ2v) is 8.42. The smallest absolute Gasteiger partial charge is 0.209 e. The lowest BCUT2D eigenvalue weighted by molar-refractivity contribution is 0.177. The molecule has 0 radical (unpaired) electrons. The third kappa shape index (κ3) is 4.00. The van der Waals surface area contributed by atoms with Crippen molar-refractivity contribution in [2.24, 2.45) is 11.1 Å². The predicted octanol–water partition coefficient (Wildman–Crippen LogP) is 1.80. The first kappa shape index (κ1) is 14.9. The number of sulfonamides is 1. The van der Waals surface area contributed by atoms with Crippen LogP contribution in [0.25, 0.3) is 10.2 Å².